The predicted octanol–water partition coefficient (Wildman–Crippen LogP) is 8.05. The third-order valence-corrected chi connectivity index (χ3v) is 15.4. The highest BCUT2D eigenvalue weighted by molar-refractivity contribution is 7.52. The molecule has 0 aliphatic carbocycles. The maximum Gasteiger partial charge on any atom is 0.457 e. The van der Waals surface area contributed by atoms with E-state index in [2.05, 4.69) is 78.6 Å². The largest absolute Gasteiger partial charge is 0.457 e. The Labute approximate surface area is 252 Å². The molecule has 0 N–H and O–H groups in total. The second-order valence-corrected chi connectivity index (χ2v) is 45.4. The van der Waals surface area contributed by atoms with Crippen LogP contribution < -0.4 is 0 Å². The molecule has 0 amide bonds. The highest BCUT2D eigenvalue weighted by Gasteiger charge is 2.55. The molecule has 1 fully saturated rings. The second-order valence-electron chi connectivity index (χ2n) is 16.5. The normalized spacial score (nSPS) is 26.3. The zero-order valence-corrected chi connectivity index (χ0v) is 35.6. The Morgan fingerprint density at radius 1 is 0.525 bits per heavy atom. The topological polar surface area (TPSA) is 90.9 Å². The van der Waals surface area contributed by atoms with Crippen LogP contribution in [0.4, 0.5) is 0 Å². The van der Waals surface area contributed by atoms with Crippen molar-refractivity contribution in [2.75, 3.05) is 6.61 Å². The fraction of sp³-hybridized carbons (Fsp3) is 1.00. The molecule has 1 aliphatic rings. The summed E-state index contributed by atoms with van der Waals surface area (Å²) in [5.41, 5.74) is 0. The van der Waals surface area contributed by atoms with Crippen molar-refractivity contribution >= 4 is 57.7 Å². The van der Waals surface area contributed by atoms with Gasteiger partial charge in [-0.2, -0.15) is 0 Å². The van der Waals surface area contributed by atoms with Crippen molar-refractivity contribution in [2.45, 2.75) is 149 Å². The van der Waals surface area contributed by atoms with Gasteiger partial charge in [0.2, 0.25) is 0 Å². The Bertz CT molecular complexity index is 834. The smallest absolute Gasteiger partial charge is 0.415 e. The number of hydrogen-bond donors (Lipinski definition) is 0. The van der Waals surface area contributed by atoms with Crippen LogP contribution in [-0.4, -0.2) is 87.2 Å². The van der Waals surface area contributed by atoms with Crippen LogP contribution in [0.25, 0.3) is 0 Å². The van der Waals surface area contributed by atoms with E-state index in [0.29, 0.717) is 6.61 Å². The fourth-order valence-corrected chi connectivity index (χ4v) is 14.4. The van der Waals surface area contributed by atoms with Crippen LogP contribution in [0.5, 0.6) is 0 Å². The summed E-state index contributed by atoms with van der Waals surface area (Å²) >= 11 is 0. The number of ether oxygens (including phenoxy) is 1. The maximum atomic E-state index is 14.3. The zero-order valence-electron chi connectivity index (χ0n) is 28.7. The van der Waals surface area contributed by atoms with E-state index >= 15 is 0 Å². The Kier molecular flexibility index (Phi) is 13.4. The van der Waals surface area contributed by atoms with E-state index in [1.54, 1.807) is 0 Å². The highest BCUT2D eigenvalue weighted by atomic mass is 31.2. The molecule has 16 heteroatoms. The van der Waals surface area contributed by atoms with E-state index in [9.17, 15) is 4.57 Å². The summed E-state index contributed by atoms with van der Waals surface area (Å²) < 4.78 is 66.5. The Morgan fingerprint density at radius 3 is 1.25 bits per heavy atom. The van der Waals surface area contributed by atoms with Gasteiger partial charge in [-0.25, -0.2) is 4.57 Å². The molecule has 9 nitrogen and oxygen atoms in total. The average molecular weight is 693 g/mol. The van der Waals surface area contributed by atoms with Gasteiger partial charge in [-0.1, -0.05) is 0 Å². The van der Waals surface area contributed by atoms with E-state index in [0.717, 1.165) is 0 Å². The number of rotatable bonds is 15. The van der Waals surface area contributed by atoms with Crippen LogP contribution in [0.15, 0.2) is 0 Å². The van der Waals surface area contributed by atoms with E-state index in [4.69, 9.17) is 35.4 Å². The van der Waals surface area contributed by atoms with Gasteiger partial charge in [0.15, 0.2) is 56.2 Å². The van der Waals surface area contributed by atoms with Crippen LogP contribution in [-0.2, 0) is 40.0 Å². The van der Waals surface area contributed by atoms with Gasteiger partial charge in [-0.05, 0) is 118 Å². The van der Waals surface area contributed by atoms with Gasteiger partial charge in [0.1, 0.15) is 24.4 Å². The molecule has 40 heavy (non-hydrogen) atoms. The number of hydrogen-bond acceptors (Lipinski definition) is 9. The first-order valence-corrected chi connectivity index (χ1v) is 36.3. The second kappa shape index (κ2) is 13.7. The first-order valence-electron chi connectivity index (χ1n) is 14.4. The molecule has 0 unspecified atom stereocenters. The summed E-state index contributed by atoms with van der Waals surface area (Å²) in [6, 6.07) is 0. The molecule has 0 saturated carbocycles. The maximum absolute atomic E-state index is 14.3. The van der Waals surface area contributed by atoms with E-state index < -0.39 is 88.4 Å². The average Bonchev–Trinajstić information content (AvgIpc) is 2.58. The fourth-order valence-electron chi connectivity index (χ4n) is 3.92. The Hall–Kier alpha value is 1.21. The van der Waals surface area contributed by atoms with Crippen LogP contribution >= 0.6 is 7.82 Å². The monoisotopic (exact) mass is 692 g/mol. The lowest BCUT2D eigenvalue weighted by molar-refractivity contribution is -0.268. The molecule has 240 valence electrons. The van der Waals surface area contributed by atoms with Crippen molar-refractivity contribution < 1.29 is 40.0 Å². The standard InChI is InChI=1S/C24H61O9PSi6/c1-35(2,3)26-19-20-21(29-36(4,5)6)22(30-37(7,8)9)23(31-38(10,11)12)24(27-20)28-34(25,32-39(13,14)15)33-40(16,17)18/h20-24H,19H2,1-18H3/t20-,21+,22+,23-,24-/m1/s1. The molecular weight excluding hydrogens is 632 g/mol. The van der Waals surface area contributed by atoms with Gasteiger partial charge >= 0.3 is 7.82 Å². The van der Waals surface area contributed by atoms with Gasteiger partial charge in [0.05, 0.1) is 6.61 Å². The minimum absolute atomic E-state index is 0.310. The van der Waals surface area contributed by atoms with Gasteiger partial charge in [0, 0.05) is 0 Å². The minimum atomic E-state index is -4.02. The Balaban J connectivity index is 3.77. The van der Waals surface area contributed by atoms with Crippen molar-refractivity contribution in [3.63, 3.8) is 0 Å². The van der Waals surface area contributed by atoms with Crippen LogP contribution in [0.3, 0.4) is 0 Å². The van der Waals surface area contributed by atoms with Crippen molar-refractivity contribution in [1.82, 2.24) is 0 Å². The van der Waals surface area contributed by atoms with Gasteiger partial charge in [0.25, 0.3) is 0 Å². The Morgan fingerprint density at radius 2 is 0.900 bits per heavy atom. The third-order valence-electron chi connectivity index (χ3n) is 4.75. The molecular formula is C24H61O9PSi6. The van der Waals surface area contributed by atoms with Gasteiger partial charge in [-0.3, -0.25) is 4.52 Å². The summed E-state index contributed by atoms with van der Waals surface area (Å²) in [7, 11) is -17.0. The minimum Gasteiger partial charge on any atom is -0.415 e. The van der Waals surface area contributed by atoms with E-state index in [1.165, 1.54) is 0 Å². The lowest BCUT2D eigenvalue weighted by Crippen LogP contribution is -2.66. The van der Waals surface area contributed by atoms with Gasteiger partial charge < -0.3 is 30.9 Å². The first-order chi connectivity index (χ1) is 17.4. The van der Waals surface area contributed by atoms with Crippen molar-refractivity contribution in [2.24, 2.45) is 0 Å². The van der Waals surface area contributed by atoms with Gasteiger partial charge in [-0.15, -0.1) is 0 Å². The van der Waals surface area contributed by atoms with Crippen molar-refractivity contribution in [3.8, 4) is 0 Å². The van der Waals surface area contributed by atoms with Crippen LogP contribution in [0.1, 0.15) is 0 Å². The third kappa shape index (κ3) is 16.3. The molecule has 0 aromatic rings. The highest BCUT2D eigenvalue weighted by Crippen LogP contribution is 2.56. The molecule has 0 bridgehead atoms. The molecule has 1 saturated heterocycles. The van der Waals surface area contributed by atoms with Crippen molar-refractivity contribution in [1.29, 1.82) is 0 Å². The molecule has 1 heterocycles. The molecule has 0 spiro atoms. The summed E-state index contributed by atoms with van der Waals surface area (Å²) in [4.78, 5) is 0. The summed E-state index contributed by atoms with van der Waals surface area (Å²) in [5.74, 6) is 0. The van der Waals surface area contributed by atoms with E-state index in [-0.39, 0.29) is 0 Å². The number of phosphoric acid groups is 1. The van der Waals surface area contributed by atoms with E-state index in [1.807, 2.05) is 39.3 Å². The zero-order chi connectivity index (χ0) is 31.8. The summed E-state index contributed by atoms with van der Waals surface area (Å²) in [6.45, 7) is 37.8. The predicted molar refractivity (Wildman–Crippen MR) is 180 cm³/mol. The molecule has 0 aromatic carbocycles. The van der Waals surface area contributed by atoms with Crippen molar-refractivity contribution in [3.05, 3.63) is 0 Å². The summed E-state index contributed by atoms with van der Waals surface area (Å²) in [6.07, 6.45) is -3.20. The SMILES string of the molecule is C[Si](C)(C)OC[C@H]1O[C@H](OP(=O)(O[Si](C)(C)C)O[Si](C)(C)C)[C@H](O[Si](C)(C)C)[C@@H](O[Si](C)(C)C)[C@H]1O[Si](C)(C)C. The van der Waals surface area contributed by atoms with Crippen LogP contribution in [0, 0.1) is 0 Å². The summed E-state index contributed by atoms with van der Waals surface area (Å²) in [5, 5.41) is 0. The quantitative estimate of drug-likeness (QED) is 0.125. The molecule has 1 rings (SSSR count). The lowest BCUT2D eigenvalue weighted by atomic mass is 9.99. The molecule has 0 aromatic heterocycles. The first kappa shape index (κ1) is 39.2. The molecule has 1 aliphatic heterocycles. The molecule has 5 atom stereocenters. The van der Waals surface area contributed by atoms with Crippen LogP contribution in [0.2, 0.25) is 118 Å². The lowest BCUT2D eigenvalue weighted by Gasteiger charge is -2.51. The molecule has 0 radical (unpaired) electrons.